The lowest BCUT2D eigenvalue weighted by Gasteiger charge is -2.30. The number of carbonyl (C=O) groups excluding carboxylic acids is 1. The van der Waals surface area contributed by atoms with Gasteiger partial charge in [0.1, 0.15) is 5.41 Å². The van der Waals surface area contributed by atoms with Crippen molar-refractivity contribution in [1.82, 2.24) is 25.3 Å². The monoisotopic (exact) mass is 494 g/mol. The Morgan fingerprint density at radius 3 is 2.78 bits per heavy atom. The maximum absolute atomic E-state index is 14.4. The van der Waals surface area contributed by atoms with Gasteiger partial charge in [0.2, 0.25) is 0 Å². The number of nitriles is 1. The summed E-state index contributed by atoms with van der Waals surface area (Å²) in [6, 6.07) is 14.9. The minimum atomic E-state index is -1.42. The van der Waals surface area contributed by atoms with Crippen LogP contribution in [-0.4, -0.2) is 32.4 Å². The molecule has 37 heavy (non-hydrogen) atoms. The fourth-order valence-electron chi connectivity index (χ4n) is 4.51. The highest BCUT2D eigenvalue weighted by Gasteiger charge is 2.48. The number of benzene rings is 1. The van der Waals surface area contributed by atoms with Crippen LogP contribution < -0.4 is 5.32 Å². The van der Waals surface area contributed by atoms with E-state index in [4.69, 9.17) is 9.72 Å². The maximum atomic E-state index is 14.4. The first-order valence-electron chi connectivity index (χ1n) is 12.1. The number of rotatable bonds is 5. The van der Waals surface area contributed by atoms with Crippen LogP contribution in [0, 0.1) is 11.3 Å². The van der Waals surface area contributed by atoms with Gasteiger partial charge >= 0.3 is 0 Å². The Hall–Kier alpha value is -4.29. The van der Waals surface area contributed by atoms with E-state index in [1.807, 2.05) is 31.2 Å². The molecule has 4 heterocycles. The van der Waals surface area contributed by atoms with Gasteiger partial charge < -0.3 is 10.1 Å². The molecule has 0 unspecified atom stereocenters. The number of amides is 1. The van der Waals surface area contributed by atoms with Crippen molar-refractivity contribution in [3.63, 3.8) is 0 Å². The minimum Gasteiger partial charge on any atom is -0.375 e. The number of fused-ring (bicyclic) bond motifs is 2. The van der Waals surface area contributed by atoms with Gasteiger partial charge in [-0.05, 0) is 67.3 Å². The van der Waals surface area contributed by atoms with Crippen molar-refractivity contribution in [2.75, 3.05) is 6.61 Å². The largest absolute Gasteiger partial charge is 0.375 e. The van der Waals surface area contributed by atoms with Crippen molar-refractivity contribution in [2.24, 2.45) is 0 Å². The van der Waals surface area contributed by atoms with Crippen LogP contribution in [0.15, 0.2) is 54.9 Å². The molecule has 2 aliphatic rings. The van der Waals surface area contributed by atoms with Gasteiger partial charge in [0, 0.05) is 23.3 Å². The number of halogens is 1. The SMILES string of the molecule is C[C@@]1(C#N)COCc2ccc(C(=O)NCc3cc4nc(-c5ccnc(C6(F)CC6)n5)ccc4cn3)cc21. The summed E-state index contributed by atoms with van der Waals surface area (Å²) in [5.74, 6) is -0.0539. The molecule has 4 aromatic rings. The Labute approximate surface area is 212 Å². The van der Waals surface area contributed by atoms with E-state index in [9.17, 15) is 14.4 Å². The molecule has 3 aromatic heterocycles. The van der Waals surface area contributed by atoms with Gasteiger partial charge in [-0.3, -0.25) is 9.78 Å². The Bertz CT molecular complexity index is 1600. The summed E-state index contributed by atoms with van der Waals surface area (Å²) in [6.07, 6.45) is 4.15. The van der Waals surface area contributed by atoms with E-state index in [-0.39, 0.29) is 18.3 Å². The second-order valence-electron chi connectivity index (χ2n) is 9.79. The number of aromatic nitrogens is 4. The topological polar surface area (TPSA) is 114 Å². The van der Waals surface area contributed by atoms with Gasteiger partial charge in [0.25, 0.3) is 5.91 Å². The van der Waals surface area contributed by atoms with Gasteiger partial charge in [-0.1, -0.05) is 6.07 Å². The number of nitrogens with zero attached hydrogens (tertiary/aromatic N) is 5. The molecule has 6 rings (SSSR count). The smallest absolute Gasteiger partial charge is 0.251 e. The molecule has 1 atom stereocenters. The molecule has 1 fully saturated rings. The Kier molecular flexibility index (Phi) is 5.42. The molecule has 1 saturated carbocycles. The summed E-state index contributed by atoms with van der Waals surface area (Å²) in [6.45, 7) is 2.74. The first kappa shape index (κ1) is 23.1. The van der Waals surface area contributed by atoms with Crippen LogP contribution in [0.3, 0.4) is 0 Å². The third-order valence-electron chi connectivity index (χ3n) is 6.93. The lowest BCUT2D eigenvalue weighted by molar-refractivity contribution is 0.0757. The van der Waals surface area contributed by atoms with Crippen LogP contribution in [0.5, 0.6) is 0 Å². The highest BCUT2D eigenvalue weighted by molar-refractivity contribution is 5.94. The van der Waals surface area contributed by atoms with Crippen molar-refractivity contribution in [2.45, 2.75) is 44.0 Å². The van der Waals surface area contributed by atoms with Gasteiger partial charge in [0.15, 0.2) is 11.5 Å². The number of pyridine rings is 2. The summed E-state index contributed by atoms with van der Waals surface area (Å²) in [7, 11) is 0. The fraction of sp³-hybridized carbons (Fsp3) is 0.286. The lowest BCUT2D eigenvalue weighted by Crippen LogP contribution is -2.33. The molecular weight excluding hydrogens is 471 g/mol. The van der Waals surface area contributed by atoms with Crippen LogP contribution in [-0.2, 0) is 29.0 Å². The molecule has 0 spiro atoms. The van der Waals surface area contributed by atoms with E-state index in [1.54, 1.807) is 30.6 Å². The van der Waals surface area contributed by atoms with Crippen molar-refractivity contribution in [3.8, 4) is 17.5 Å². The number of carbonyl (C=O) groups is 1. The summed E-state index contributed by atoms with van der Waals surface area (Å²) >= 11 is 0. The van der Waals surface area contributed by atoms with Crippen molar-refractivity contribution in [1.29, 1.82) is 5.26 Å². The predicted octanol–water partition coefficient (Wildman–Crippen LogP) is 4.29. The van der Waals surface area contributed by atoms with Crippen LogP contribution in [0.4, 0.5) is 4.39 Å². The summed E-state index contributed by atoms with van der Waals surface area (Å²) in [5, 5.41) is 13.4. The summed E-state index contributed by atoms with van der Waals surface area (Å²) < 4.78 is 20.0. The highest BCUT2D eigenvalue weighted by Crippen LogP contribution is 2.48. The molecule has 0 bridgehead atoms. The number of ether oxygens (including phenoxy) is 1. The molecular formula is C28H23FN6O2. The van der Waals surface area contributed by atoms with E-state index in [0.29, 0.717) is 54.2 Å². The number of hydrogen-bond acceptors (Lipinski definition) is 7. The normalized spacial score (nSPS) is 19.6. The Morgan fingerprint density at radius 2 is 1.97 bits per heavy atom. The zero-order valence-electron chi connectivity index (χ0n) is 20.2. The second-order valence-corrected chi connectivity index (χ2v) is 9.79. The summed E-state index contributed by atoms with van der Waals surface area (Å²) in [5.41, 5.74) is 2.51. The fourth-order valence-corrected chi connectivity index (χ4v) is 4.51. The molecule has 184 valence electrons. The van der Waals surface area contributed by atoms with Gasteiger partial charge in [-0.2, -0.15) is 5.26 Å². The minimum absolute atomic E-state index is 0.204. The first-order valence-corrected chi connectivity index (χ1v) is 12.1. The quantitative estimate of drug-likeness (QED) is 0.440. The van der Waals surface area contributed by atoms with Gasteiger partial charge in [-0.25, -0.2) is 19.3 Å². The molecule has 0 saturated heterocycles. The van der Waals surface area contributed by atoms with E-state index in [2.05, 4.69) is 26.3 Å². The predicted molar refractivity (Wildman–Crippen MR) is 133 cm³/mol. The van der Waals surface area contributed by atoms with Crippen LogP contribution >= 0.6 is 0 Å². The molecule has 9 heteroatoms. The highest BCUT2D eigenvalue weighted by atomic mass is 19.1. The van der Waals surface area contributed by atoms with Gasteiger partial charge in [0.05, 0.1) is 48.4 Å². The third-order valence-corrected chi connectivity index (χ3v) is 6.93. The van der Waals surface area contributed by atoms with Crippen LogP contribution in [0.2, 0.25) is 0 Å². The van der Waals surface area contributed by atoms with Crippen LogP contribution in [0.25, 0.3) is 22.3 Å². The standard InChI is InChI=1S/C28H23FN6O2/c1-27(15-30)16-37-14-19-3-2-17(10-21(19)27)25(36)33-13-20-11-24-18(12-32-20)4-5-22(34-24)23-6-9-31-26(35-23)28(29)7-8-28/h2-6,9-12H,7-8,13-14,16H2,1H3,(H,33,36)/t27-/m1/s1. The molecule has 1 amide bonds. The summed E-state index contributed by atoms with van der Waals surface area (Å²) in [4.78, 5) is 30.5. The third kappa shape index (κ3) is 4.30. The zero-order valence-corrected chi connectivity index (χ0v) is 20.2. The van der Waals surface area contributed by atoms with Crippen molar-refractivity contribution >= 4 is 16.8 Å². The lowest BCUT2D eigenvalue weighted by atomic mass is 9.79. The first-order chi connectivity index (χ1) is 17.9. The number of nitrogens with one attached hydrogen (secondary N) is 1. The Balaban J connectivity index is 1.21. The molecule has 1 aliphatic heterocycles. The number of alkyl halides is 1. The van der Waals surface area contributed by atoms with E-state index in [1.165, 1.54) is 0 Å². The molecule has 1 aromatic carbocycles. The zero-order chi connectivity index (χ0) is 25.6. The maximum Gasteiger partial charge on any atom is 0.251 e. The van der Waals surface area contributed by atoms with Gasteiger partial charge in [-0.15, -0.1) is 0 Å². The van der Waals surface area contributed by atoms with Crippen molar-refractivity contribution < 1.29 is 13.9 Å². The van der Waals surface area contributed by atoms with E-state index >= 15 is 0 Å². The average Bonchev–Trinajstić information content (AvgIpc) is 3.70. The molecule has 1 N–H and O–H groups in total. The molecule has 1 aliphatic carbocycles. The van der Waals surface area contributed by atoms with Crippen molar-refractivity contribution in [3.05, 3.63) is 83.1 Å². The molecule has 8 nitrogen and oxygen atoms in total. The molecule has 0 radical (unpaired) electrons. The van der Waals surface area contributed by atoms with E-state index < -0.39 is 11.1 Å². The Morgan fingerprint density at radius 1 is 1.14 bits per heavy atom. The second kappa shape index (κ2) is 8.68. The average molecular weight is 495 g/mol. The van der Waals surface area contributed by atoms with E-state index in [0.717, 1.165) is 16.5 Å². The van der Waals surface area contributed by atoms with Crippen LogP contribution in [0.1, 0.15) is 52.8 Å². The number of hydrogen-bond donors (Lipinski definition) is 1.